The molecule has 192 valence electrons. The summed E-state index contributed by atoms with van der Waals surface area (Å²) in [4.78, 5) is 15.0. The summed E-state index contributed by atoms with van der Waals surface area (Å²) in [5.74, 6) is 0. The molecule has 0 aromatic carbocycles. The Morgan fingerprint density at radius 1 is 1.13 bits per heavy atom. The van der Waals surface area contributed by atoms with Crippen LogP contribution in [0.4, 0.5) is 0 Å². The van der Waals surface area contributed by atoms with E-state index in [9.17, 15) is 0 Å². The van der Waals surface area contributed by atoms with Gasteiger partial charge in [-0.15, -0.1) is 0 Å². The fourth-order valence-corrected chi connectivity index (χ4v) is 5.12. The Morgan fingerprint density at radius 2 is 1.97 bits per heavy atom. The SMILES string of the molecule is C=C/C=C(/c1cccnc1)c1cc(-c2[nH]nc3ncc(C(/C=C(\C=C)CN4CCCC4)=C/C)cc23)[nH]c1C. The van der Waals surface area contributed by atoms with E-state index in [1.54, 1.807) is 6.20 Å². The topological polar surface area (TPSA) is 73.5 Å². The van der Waals surface area contributed by atoms with Crippen molar-refractivity contribution < 1.29 is 0 Å². The molecule has 38 heavy (non-hydrogen) atoms. The average Bonchev–Trinajstić information content (AvgIpc) is 3.70. The number of fused-ring (bicyclic) bond motifs is 1. The normalized spacial score (nSPS) is 15.4. The van der Waals surface area contributed by atoms with Gasteiger partial charge in [0.1, 0.15) is 0 Å². The average molecular weight is 503 g/mol. The summed E-state index contributed by atoms with van der Waals surface area (Å²) < 4.78 is 0. The molecule has 4 aromatic rings. The van der Waals surface area contributed by atoms with E-state index in [2.05, 4.69) is 87.4 Å². The van der Waals surface area contributed by atoms with Crippen LogP contribution in [-0.2, 0) is 0 Å². The van der Waals surface area contributed by atoms with Crippen molar-refractivity contribution in [3.8, 4) is 11.4 Å². The van der Waals surface area contributed by atoms with E-state index in [-0.39, 0.29) is 0 Å². The van der Waals surface area contributed by atoms with Crippen LogP contribution in [0, 0.1) is 6.92 Å². The zero-order valence-corrected chi connectivity index (χ0v) is 22.2. The van der Waals surface area contributed by atoms with E-state index in [0.29, 0.717) is 5.65 Å². The molecule has 0 radical (unpaired) electrons. The number of aromatic nitrogens is 5. The van der Waals surface area contributed by atoms with Gasteiger partial charge < -0.3 is 4.98 Å². The van der Waals surface area contributed by atoms with Crippen LogP contribution in [0.1, 0.15) is 42.1 Å². The number of H-pyrrole nitrogens is 2. The lowest BCUT2D eigenvalue weighted by Crippen LogP contribution is -2.21. The van der Waals surface area contributed by atoms with Crippen LogP contribution in [0.25, 0.3) is 33.6 Å². The second-order valence-corrected chi connectivity index (χ2v) is 9.62. The van der Waals surface area contributed by atoms with Crippen molar-refractivity contribution in [1.82, 2.24) is 30.0 Å². The van der Waals surface area contributed by atoms with Crippen molar-refractivity contribution in [2.45, 2.75) is 26.7 Å². The first kappa shape index (κ1) is 25.4. The molecule has 2 N–H and O–H groups in total. The smallest absolute Gasteiger partial charge is 0.181 e. The summed E-state index contributed by atoms with van der Waals surface area (Å²) in [5.41, 5.74) is 10.2. The Balaban J connectivity index is 1.51. The number of hydrogen-bond acceptors (Lipinski definition) is 4. The Hall–Kier alpha value is -4.29. The molecule has 5 heterocycles. The van der Waals surface area contributed by atoms with Crippen molar-refractivity contribution >= 4 is 22.2 Å². The molecule has 1 aliphatic rings. The number of aromatic amines is 2. The molecule has 6 heteroatoms. The molecule has 1 aliphatic heterocycles. The highest BCUT2D eigenvalue weighted by Gasteiger charge is 2.17. The van der Waals surface area contributed by atoms with E-state index in [1.807, 2.05) is 36.7 Å². The van der Waals surface area contributed by atoms with Crippen molar-refractivity contribution in [2.24, 2.45) is 0 Å². The fourth-order valence-electron chi connectivity index (χ4n) is 5.12. The van der Waals surface area contributed by atoms with Crippen molar-refractivity contribution in [3.05, 3.63) is 114 Å². The van der Waals surface area contributed by atoms with Gasteiger partial charge in [0.2, 0.25) is 0 Å². The minimum absolute atomic E-state index is 0.687. The first-order valence-corrected chi connectivity index (χ1v) is 13.1. The molecule has 6 nitrogen and oxygen atoms in total. The van der Waals surface area contributed by atoms with Gasteiger partial charge in [-0.25, -0.2) is 4.98 Å². The van der Waals surface area contributed by atoms with E-state index in [1.165, 1.54) is 18.4 Å². The molecule has 0 saturated carbocycles. The molecule has 4 aromatic heterocycles. The third-order valence-electron chi connectivity index (χ3n) is 7.09. The number of nitrogens with zero attached hydrogens (tertiary/aromatic N) is 4. The van der Waals surface area contributed by atoms with Crippen molar-refractivity contribution in [3.63, 3.8) is 0 Å². The first-order valence-electron chi connectivity index (χ1n) is 13.1. The summed E-state index contributed by atoms with van der Waals surface area (Å²) in [6.45, 7) is 15.4. The molecule has 0 unspecified atom stereocenters. The minimum Gasteiger partial charge on any atom is -0.357 e. The Morgan fingerprint density at radius 3 is 2.68 bits per heavy atom. The maximum absolute atomic E-state index is 4.68. The molecule has 0 aliphatic carbocycles. The van der Waals surface area contributed by atoms with Crippen LogP contribution < -0.4 is 0 Å². The Bertz CT molecular complexity index is 1540. The number of nitrogens with one attached hydrogen (secondary N) is 2. The molecular formula is C32H34N6. The van der Waals surface area contributed by atoms with E-state index < -0.39 is 0 Å². The van der Waals surface area contributed by atoms with Crippen LogP contribution in [-0.4, -0.2) is 49.7 Å². The zero-order chi connectivity index (χ0) is 26.5. The number of pyridine rings is 2. The molecule has 0 amide bonds. The highest BCUT2D eigenvalue weighted by molar-refractivity contribution is 5.94. The predicted molar refractivity (Wildman–Crippen MR) is 158 cm³/mol. The number of rotatable bonds is 9. The van der Waals surface area contributed by atoms with Crippen LogP contribution >= 0.6 is 0 Å². The second kappa shape index (κ2) is 11.4. The van der Waals surface area contributed by atoms with Gasteiger partial charge in [0, 0.05) is 52.9 Å². The van der Waals surface area contributed by atoms with E-state index >= 15 is 0 Å². The van der Waals surface area contributed by atoms with Gasteiger partial charge >= 0.3 is 0 Å². The molecule has 0 bridgehead atoms. The van der Waals surface area contributed by atoms with Gasteiger partial charge in [-0.2, -0.15) is 5.10 Å². The highest BCUT2D eigenvalue weighted by atomic mass is 15.2. The van der Waals surface area contributed by atoms with Gasteiger partial charge in [0.25, 0.3) is 0 Å². The number of likely N-dealkylation sites (tertiary alicyclic amines) is 1. The minimum atomic E-state index is 0.687. The van der Waals surface area contributed by atoms with Crippen LogP contribution in [0.2, 0.25) is 0 Å². The first-order chi connectivity index (χ1) is 18.6. The molecule has 1 saturated heterocycles. The van der Waals surface area contributed by atoms with Gasteiger partial charge in [-0.3, -0.25) is 15.0 Å². The molecule has 0 atom stereocenters. The van der Waals surface area contributed by atoms with Crippen LogP contribution in [0.15, 0.2) is 92.0 Å². The summed E-state index contributed by atoms with van der Waals surface area (Å²) in [7, 11) is 0. The maximum Gasteiger partial charge on any atom is 0.181 e. The second-order valence-electron chi connectivity index (χ2n) is 9.62. The summed E-state index contributed by atoms with van der Waals surface area (Å²) in [6.07, 6.45) is 18.3. The number of hydrogen-bond donors (Lipinski definition) is 2. The lowest BCUT2D eigenvalue weighted by molar-refractivity contribution is 0.371. The monoisotopic (exact) mass is 502 g/mol. The Kier molecular flexibility index (Phi) is 7.61. The third kappa shape index (κ3) is 5.22. The van der Waals surface area contributed by atoms with Gasteiger partial charge in [0.05, 0.1) is 11.4 Å². The summed E-state index contributed by atoms with van der Waals surface area (Å²) >= 11 is 0. The lowest BCUT2D eigenvalue weighted by Gasteiger charge is -2.15. The van der Waals surface area contributed by atoms with Gasteiger partial charge in [-0.05, 0) is 74.7 Å². The zero-order valence-electron chi connectivity index (χ0n) is 22.2. The molecular weight excluding hydrogens is 468 g/mol. The van der Waals surface area contributed by atoms with Crippen LogP contribution in [0.3, 0.4) is 0 Å². The quantitative estimate of drug-likeness (QED) is 0.245. The van der Waals surface area contributed by atoms with Crippen molar-refractivity contribution in [1.29, 1.82) is 0 Å². The third-order valence-corrected chi connectivity index (χ3v) is 7.09. The lowest BCUT2D eigenvalue weighted by atomic mass is 9.98. The highest BCUT2D eigenvalue weighted by Crippen LogP contribution is 2.33. The standard InChI is InChI=1S/C32H34N6/c1-5-11-27(25-12-10-13-33-19-25)28-18-30(35-22(28)4)31-29-17-26(20-34-32(29)37-36-31)24(7-3)16-23(6-2)21-38-14-8-9-15-38/h5-7,10-13,16-20,35H,1-2,8-9,14-15,21H2,3-4H3,(H,34,36,37)/b23-16+,24-7+,27-11-. The van der Waals surface area contributed by atoms with Crippen LogP contribution in [0.5, 0.6) is 0 Å². The Labute approximate surface area is 224 Å². The van der Waals surface area contributed by atoms with E-state index in [0.717, 1.165) is 69.9 Å². The number of aryl methyl sites for hydroxylation is 1. The van der Waals surface area contributed by atoms with Crippen molar-refractivity contribution in [2.75, 3.05) is 19.6 Å². The van der Waals surface area contributed by atoms with Gasteiger partial charge in [0.15, 0.2) is 5.65 Å². The van der Waals surface area contributed by atoms with Gasteiger partial charge in [-0.1, -0.05) is 49.6 Å². The largest absolute Gasteiger partial charge is 0.357 e. The number of allylic oxidation sites excluding steroid dienone is 5. The molecule has 5 rings (SSSR count). The fraction of sp³-hybridized carbons (Fsp3) is 0.219. The molecule has 0 spiro atoms. The summed E-state index contributed by atoms with van der Waals surface area (Å²) in [6, 6.07) is 8.32. The predicted octanol–water partition coefficient (Wildman–Crippen LogP) is 6.89. The maximum atomic E-state index is 4.68. The molecule has 1 fully saturated rings. The summed E-state index contributed by atoms with van der Waals surface area (Å²) in [5, 5.41) is 8.67. The van der Waals surface area contributed by atoms with E-state index in [4.69, 9.17) is 0 Å².